The van der Waals surface area contributed by atoms with Crippen LogP contribution in [0.1, 0.15) is 37.8 Å². The van der Waals surface area contributed by atoms with E-state index in [1.807, 2.05) is 19.1 Å². The summed E-state index contributed by atoms with van der Waals surface area (Å²) in [5.74, 6) is -0.189. The van der Waals surface area contributed by atoms with Gasteiger partial charge in [-0.3, -0.25) is 9.59 Å². The third-order valence-corrected chi connectivity index (χ3v) is 7.77. The average Bonchev–Trinajstić information content (AvgIpc) is 3.33. The predicted molar refractivity (Wildman–Crippen MR) is 127 cm³/mol. The number of hydrogen-bond donors (Lipinski definition) is 1. The van der Waals surface area contributed by atoms with Gasteiger partial charge in [0.05, 0.1) is 21.5 Å². The molecule has 2 heterocycles. The Morgan fingerprint density at radius 3 is 2.71 bits per heavy atom. The third kappa shape index (κ3) is 4.79. The van der Waals surface area contributed by atoms with Gasteiger partial charge in [0.2, 0.25) is 0 Å². The van der Waals surface area contributed by atoms with E-state index < -0.39 is 17.6 Å². The van der Waals surface area contributed by atoms with Crippen molar-refractivity contribution < 1.29 is 22.8 Å². The topological polar surface area (TPSA) is 62.3 Å². The second kappa shape index (κ2) is 8.95. The number of carbonyl (C=O) groups excluding carboxylic acids is 2. The summed E-state index contributed by atoms with van der Waals surface area (Å²) in [4.78, 5) is 33.2. The lowest BCUT2D eigenvalue weighted by Crippen LogP contribution is -2.45. The Bertz CT molecular complexity index is 1310. The number of carbonyl (C=O) groups is 2. The van der Waals surface area contributed by atoms with Gasteiger partial charge in [-0.2, -0.15) is 13.2 Å². The van der Waals surface area contributed by atoms with E-state index in [1.54, 1.807) is 17.0 Å². The third-order valence-electron chi connectivity index (χ3n) is 6.51. The van der Waals surface area contributed by atoms with Crippen LogP contribution in [0.3, 0.4) is 0 Å². The van der Waals surface area contributed by atoms with Crippen LogP contribution in [-0.2, 0) is 6.18 Å². The van der Waals surface area contributed by atoms with Crippen molar-refractivity contribution >= 4 is 34.8 Å². The molecule has 2 amide bonds. The van der Waals surface area contributed by atoms with Crippen molar-refractivity contribution in [2.45, 2.75) is 25.6 Å². The van der Waals surface area contributed by atoms with Gasteiger partial charge in [0, 0.05) is 23.7 Å². The average molecular weight is 520 g/mol. The highest BCUT2D eigenvalue weighted by Crippen LogP contribution is 2.50. The van der Waals surface area contributed by atoms with E-state index in [-0.39, 0.29) is 30.0 Å². The summed E-state index contributed by atoms with van der Waals surface area (Å²) in [6.45, 7) is 2.57. The van der Waals surface area contributed by atoms with E-state index >= 15 is 0 Å². The fraction of sp³-hybridized carbons (Fsp3) is 0.320. The molecule has 1 N–H and O–H groups in total. The quantitative estimate of drug-likeness (QED) is 0.471. The van der Waals surface area contributed by atoms with Crippen molar-refractivity contribution in [2.75, 3.05) is 13.1 Å². The summed E-state index contributed by atoms with van der Waals surface area (Å²) < 4.78 is 39.0. The smallest absolute Gasteiger partial charge is 0.350 e. The molecule has 0 bridgehead atoms. The first-order valence-corrected chi connectivity index (χ1v) is 12.3. The van der Waals surface area contributed by atoms with Crippen LogP contribution in [-0.4, -0.2) is 40.8 Å². The maximum absolute atomic E-state index is 13.6. The van der Waals surface area contributed by atoms with Gasteiger partial charge in [0.15, 0.2) is 0 Å². The maximum Gasteiger partial charge on any atom is 0.416 e. The van der Waals surface area contributed by atoms with Gasteiger partial charge in [-0.1, -0.05) is 29.8 Å². The molecule has 1 aliphatic heterocycles. The lowest BCUT2D eigenvalue weighted by molar-refractivity contribution is -0.137. The molecule has 0 spiro atoms. The number of benzene rings is 2. The predicted octanol–water partition coefficient (Wildman–Crippen LogP) is 5.68. The van der Waals surface area contributed by atoms with Crippen molar-refractivity contribution in [2.24, 2.45) is 11.8 Å². The van der Waals surface area contributed by atoms with Crippen LogP contribution < -0.4 is 5.32 Å². The Kier molecular flexibility index (Phi) is 6.09. The summed E-state index contributed by atoms with van der Waals surface area (Å²) in [5.41, 5.74) is 0.217. The van der Waals surface area contributed by atoms with Crippen molar-refractivity contribution in [3.63, 3.8) is 0 Å². The molecule has 5 rings (SSSR count). The Morgan fingerprint density at radius 2 is 1.97 bits per heavy atom. The highest BCUT2D eigenvalue weighted by Gasteiger charge is 2.54. The Hall–Kier alpha value is -2.91. The van der Waals surface area contributed by atoms with Crippen molar-refractivity contribution in [1.29, 1.82) is 0 Å². The summed E-state index contributed by atoms with van der Waals surface area (Å²) in [6.07, 6.45) is -3.57. The van der Waals surface area contributed by atoms with E-state index in [2.05, 4.69) is 10.3 Å². The van der Waals surface area contributed by atoms with Crippen LogP contribution in [0.2, 0.25) is 5.02 Å². The number of amides is 2. The lowest BCUT2D eigenvalue weighted by atomic mass is 10.1. The van der Waals surface area contributed by atoms with Gasteiger partial charge in [0.1, 0.15) is 5.69 Å². The first-order chi connectivity index (χ1) is 16.6. The van der Waals surface area contributed by atoms with Crippen molar-refractivity contribution in [1.82, 2.24) is 15.2 Å². The van der Waals surface area contributed by atoms with Gasteiger partial charge in [0.25, 0.3) is 11.8 Å². The van der Waals surface area contributed by atoms with E-state index in [1.165, 1.54) is 23.5 Å². The summed E-state index contributed by atoms with van der Waals surface area (Å²) in [5, 5.41) is 4.05. The highest BCUT2D eigenvalue weighted by molar-refractivity contribution is 7.15. The molecular formula is C25H21ClF3N3O2S. The number of piperidine rings is 1. The summed E-state index contributed by atoms with van der Waals surface area (Å²) in [7, 11) is 0. The minimum absolute atomic E-state index is 0.0681. The van der Waals surface area contributed by atoms with Gasteiger partial charge >= 0.3 is 6.18 Å². The van der Waals surface area contributed by atoms with Gasteiger partial charge in [-0.05, 0) is 61.1 Å². The molecule has 1 aromatic heterocycles. The molecule has 2 fully saturated rings. The molecule has 2 unspecified atom stereocenters. The number of fused-ring (bicyclic) bond motifs is 1. The molecule has 5 nitrogen and oxygen atoms in total. The lowest BCUT2D eigenvalue weighted by Gasteiger charge is -2.27. The number of thiazole rings is 1. The molecule has 35 heavy (non-hydrogen) atoms. The zero-order chi connectivity index (χ0) is 24.9. The molecule has 2 aromatic carbocycles. The van der Waals surface area contributed by atoms with Gasteiger partial charge < -0.3 is 10.2 Å². The van der Waals surface area contributed by atoms with Crippen LogP contribution in [0.15, 0.2) is 48.5 Å². The fourth-order valence-electron chi connectivity index (χ4n) is 4.74. The maximum atomic E-state index is 13.6. The molecule has 3 aromatic rings. The standard InChI is InChI=1S/C25H21ClF3N3O2S/c1-13-31-21(22(35-13)14-4-3-7-18(26)9-14)24(34)32-12-16-10-19(16)20(32)11-30-23(33)15-5-2-6-17(8-15)25(27,28)29/h2-9,16,19-20H,10-12H2,1H3,(H,30,33)/t16?,19-,20?/m0/s1. The van der Waals surface area contributed by atoms with E-state index in [4.69, 9.17) is 11.6 Å². The highest BCUT2D eigenvalue weighted by atomic mass is 35.5. The van der Waals surface area contributed by atoms with Crippen molar-refractivity contribution in [3.05, 3.63) is 75.4 Å². The second-order valence-corrected chi connectivity index (χ2v) is 10.5. The number of hydrogen-bond acceptors (Lipinski definition) is 4. The first kappa shape index (κ1) is 23.8. The van der Waals surface area contributed by atoms with E-state index in [0.29, 0.717) is 23.2 Å². The van der Waals surface area contributed by atoms with E-state index in [0.717, 1.165) is 34.0 Å². The monoisotopic (exact) mass is 519 g/mol. The van der Waals surface area contributed by atoms with Crippen LogP contribution in [0.5, 0.6) is 0 Å². The zero-order valence-electron chi connectivity index (χ0n) is 18.6. The number of aryl methyl sites for hydroxylation is 1. The number of rotatable bonds is 5. The molecule has 2 aliphatic rings. The minimum Gasteiger partial charge on any atom is -0.350 e. The molecule has 182 valence electrons. The van der Waals surface area contributed by atoms with E-state index in [9.17, 15) is 22.8 Å². The Balaban J connectivity index is 1.34. The number of nitrogens with zero attached hydrogens (tertiary/aromatic N) is 2. The van der Waals surface area contributed by atoms with Crippen LogP contribution in [0, 0.1) is 18.8 Å². The summed E-state index contributed by atoms with van der Waals surface area (Å²) in [6, 6.07) is 11.3. The molecule has 10 heteroatoms. The first-order valence-electron chi connectivity index (χ1n) is 11.1. The minimum atomic E-state index is -4.53. The Morgan fingerprint density at radius 1 is 1.20 bits per heavy atom. The molecule has 3 atom stereocenters. The van der Waals surface area contributed by atoms with Gasteiger partial charge in [-0.25, -0.2) is 4.98 Å². The number of aromatic nitrogens is 1. The summed E-state index contributed by atoms with van der Waals surface area (Å²) >= 11 is 7.57. The molecule has 1 saturated heterocycles. The van der Waals surface area contributed by atoms with Gasteiger partial charge in [-0.15, -0.1) is 11.3 Å². The van der Waals surface area contributed by atoms with Crippen LogP contribution in [0.25, 0.3) is 10.4 Å². The molecule has 1 saturated carbocycles. The Labute approximate surface area is 208 Å². The fourth-order valence-corrected chi connectivity index (χ4v) is 5.83. The van der Waals surface area contributed by atoms with Crippen molar-refractivity contribution in [3.8, 4) is 10.4 Å². The SMILES string of the molecule is Cc1nc(C(=O)N2CC3C[C@@H]3C2CNC(=O)c2cccc(C(F)(F)F)c2)c(-c2cccc(Cl)c2)s1. The number of nitrogens with one attached hydrogen (secondary N) is 1. The zero-order valence-corrected chi connectivity index (χ0v) is 20.2. The number of alkyl halides is 3. The normalized spacial score (nSPS) is 21.1. The second-order valence-electron chi connectivity index (χ2n) is 8.89. The largest absolute Gasteiger partial charge is 0.416 e. The molecule has 0 radical (unpaired) electrons. The number of likely N-dealkylation sites (tertiary alicyclic amines) is 1. The molecule has 1 aliphatic carbocycles. The van der Waals surface area contributed by atoms with Crippen LogP contribution >= 0.6 is 22.9 Å². The molecular weight excluding hydrogens is 499 g/mol. The number of halogens is 4. The van der Waals surface area contributed by atoms with Crippen LogP contribution in [0.4, 0.5) is 13.2 Å².